The molecule has 0 atom stereocenters. The molecule has 4 heteroatoms. The minimum atomic E-state index is -2.36. The van der Waals surface area contributed by atoms with Gasteiger partial charge >= 0.3 is 6.00 Å². The molecule has 1 rings (SSSR count). The molecule has 0 radical (unpaired) electrons. The summed E-state index contributed by atoms with van der Waals surface area (Å²) in [6.45, 7) is 0. The van der Waals surface area contributed by atoms with Crippen LogP contribution >= 0.6 is 33.2 Å². The molecule has 0 fully saturated rings. The number of unbranched alkanes of at least 4 members (excludes halogenated alkanes) is 3. The third-order valence-electron chi connectivity index (χ3n) is 2.52. The predicted octanol–water partition coefficient (Wildman–Crippen LogP) is 5.44. The first-order valence-corrected chi connectivity index (χ1v) is 10.9. The van der Waals surface area contributed by atoms with Gasteiger partial charge in [-0.2, -0.15) is 0 Å². The van der Waals surface area contributed by atoms with Crippen LogP contribution in [0.3, 0.4) is 0 Å². The summed E-state index contributed by atoms with van der Waals surface area (Å²) >= 11 is 17.4. The highest BCUT2D eigenvalue weighted by molar-refractivity contribution is 7.64. The van der Waals surface area contributed by atoms with Gasteiger partial charge in [0.15, 0.2) is 0 Å². The zero-order chi connectivity index (χ0) is 11.9. The standard InChI is InChI=1S/C12H17Cl3Si/c13-16(14,15)11-7-2-1-4-8-12-9-5-3-6-10-12/h3,5-6,9-10H,1-2,4,7-8,11H2. The molecule has 90 valence electrons. The highest BCUT2D eigenvalue weighted by Gasteiger charge is 2.23. The van der Waals surface area contributed by atoms with E-state index in [4.69, 9.17) is 33.2 Å². The quantitative estimate of drug-likeness (QED) is 0.357. The lowest BCUT2D eigenvalue weighted by Gasteiger charge is -2.06. The van der Waals surface area contributed by atoms with E-state index in [0.29, 0.717) is 0 Å². The lowest BCUT2D eigenvalue weighted by molar-refractivity contribution is 0.665. The Hall–Kier alpha value is 0.307. The van der Waals surface area contributed by atoms with E-state index in [2.05, 4.69) is 30.3 Å². The molecule has 0 saturated carbocycles. The highest BCUT2D eigenvalue weighted by Crippen LogP contribution is 2.27. The maximum Gasteiger partial charge on any atom is 0.341 e. The van der Waals surface area contributed by atoms with E-state index < -0.39 is 6.00 Å². The van der Waals surface area contributed by atoms with Gasteiger partial charge in [-0.15, -0.1) is 33.2 Å². The fourth-order valence-electron chi connectivity index (χ4n) is 1.65. The van der Waals surface area contributed by atoms with Crippen LogP contribution in [0.1, 0.15) is 31.2 Å². The molecule has 0 saturated heterocycles. The van der Waals surface area contributed by atoms with Crippen molar-refractivity contribution in [2.75, 3.05) is 0 Å². The number of halogens is 3. The molecule has 0 N–H and O–H groups in total. The first-order chi connectivity index (χ1) is 7.58. The van der Waals surface area contributed by atoms with Gasteiger partial charge in [-0.3, -0.25) is 0 Å². The molecule has 0 unspecified atom stereocenters. The van der Waals surface area contributed by atoms with Crippen LogP contribution in [-0.2, 0) is 6.42 Å². The minimum Gasteiger partial charge on any atom is -0.126 e. The van der Waals surface area contributed by atoms with E-state index in [9.17, 15) is 0 Å². The first-order valence-electron chi connectivity index (χ1n) is 5.68. The molecule has 0 aromatic heterocycles. The van der Waals surface area contributed by atoms with Crippen LogP contribution in [0.25, 0.3) is 0 Å². The second kappa shape index (κ2) is 7.60. The van der Waals surface area contributed by atoms with Gasteiger partial charge in [-0.25, -0.2) is 0 Å². The van der Waals surface area contributed by atoms with Crippen LogP contribution in [0.4, 0.5) is 0 Å². The molecule has 0 aliphatic heterocycles. The van der Waals surface area contributed by atoms with Gasteiger partial charge in [0, 0.05) is 0 Å². The zero-order valence-electron chi connectivity index (χ0n) is 9.26. The van der Waals surface area contributed by atoms with Crippen LogP contribution < -0.4 is 0 Å². The molecule has 0 bridgehead atoms. The summed E-state index contributed by atoms with van der Waals surface area (Å²) in [6, 6.07) is 9.00. The van der Waals surface area contributed by atoms with Gasteiger partial charge in [0.1, 0.15) is 0 Å². The predicted molar refractivity (Wildman–Crippen MR) is 76.7 cm³/mol. The smallest absolute Gasteiger partial charge is 0.126 e. The Balaban J connectivity index is 2.01. The third kappa shape index (κ3) is 7.56. The maximum absolute atomic E-state index is 5.81. The van der Waals surface area contributed by atoms with Crippen molar-refractivity contribution < 1.29 is 0 Å². The lowest BCUT2D eigenvalue weighted by Crippen LogP contribution is -2.07. The van der Waals surface area contributed by atoms with E-state index in [1.54, 1.807) is 0 Å². The van der Waals surface area contributed by atoms with Crippen LogP contribution in [0.2, 0.25) is 6.04 Å². The Labute approximate surface area is 113 Å². The lowest BCUT2D eigenvalue weighted by atomic mass is 10.1. The first kappa shape index (κ1) is 14.4. The summed E-state index contributed by atoms with van der Waals surface area (Å²) in [4.78, 5) is 0. The summed E-state index contributed by atoms with van der Waals surface area (Å²) in [5.74, 6) is 0. The van der Waals surface area contributed by atoms with Gasteiger partial charge in [0.2, 0.25) is 0 Å². The zero-order valence-corrected chi connectivity index (χ0v) is 12.5. The van der Waals surface area contributed by atoms with Crippen molar-refractivity contribution in [3.63, 3.8) is 0 Å². The third-order valence-corrected chi connectivity index (χ3v) is 5.14. The Morgan fingerprint density at radius 3 is 2.06 bits per heavy atom. The Kier molecular flexibility index (Phi) is 6.82. The molecule has 1 aromatic carbocycles. The molecule has 0 spiro atoms. The van der Waals surface area contributed by atoms with Crippen LogP contribution in [0.5, 0.6) is 0 Å². The van der Waals surface area contributed by atoms with Crippen molar-refractivity contribution in [3.8, 4) is 0 Å². The normalized spacial score (nSPS) is 11.7. The van der Waals surface area contributed by atoms with Crippen molar-refractivity contribution >= 4 is 39.2 Å². The maximum atomic E-state index is 5.81. The Morgan fingerprint density at radius 2 is 1.44 bits per heavy atom. The van der Waals surface area contributed by atoms with Crippen LogP contribution in [0, 0.1) is 0 Å². The van der Waals surface area contributed by atoms with Crippen molar-refractivity contribution in [2.24, 2.45) is 0 Å². The summed E-state index contributed by atoms with van der Waals surface area (Å²) < 4.78 is 0. The van der Waals surface area contributed by atoms with Crippen molar-refractivity contribution in [1.82, 2.24) is 0 Å². The molecule has 0 aliphatic carbocycles. The highest BCUT2D eigenvalue weighted by atomic mass is 35.8. The number of hydrogen-bond acceptors (Lipinski definition) is 0. The van der Waals surface area contributed by atoms with Gasteiger partial charge < -0.3 is 0 Å². The number of hydrogen-bond donors (Lipinski definition) is 0. The van der Waals surface area contributed by atoms with Gasteiger partial charge in [-0.05, 0) is 24.4 Å². The summed E-state index contributed by atoms with van der Waals surface area (Å²) in [5, 5.41) is 0. The number of aryl methyl sites for hydroxylation is 1. The van der Waals surface area contributed by atoms with E-state index in [0.717, 1.165) is 18.9 Å². The van der Waals surface area contributed by atoms with Crippen molar-refractivity contribution in [3.05, 3.63) is 35.9 Å². The second-order valence-electron chi connectivity index (χ2n) is 4.01. The van der Waals surface area contributed by atoms with Crippen LogP contribution in [-0.4, -0.2) is 6.00 Å². The summed E-state index contributed by atoms with van der Waals surface area (Å²) in [5.41, 5.74) is 1.42. The largest absolute Gasteiger partial charge is 0.341 e. The Morgan fingerprint density at radius 1 is 0.812 bits per heavy atom. The van der Waals surface area contributed by atoms with Gasteiger partial charge in [0.05, 0.1) is 0 Å². The number of rotatable bonds is 7. The average Bonchev–Trinajstić information content (AvgIpc) is 2.23. The van der Waals surface area contributed by atoms with E-state index in [1.807, 2.05) is 0 Å². The second-order valence-corrected chi connectivity index (χ2v) is 13.3. The van der Waals surface area contributed by atoms with Crippen molar-refractivity contribution in [2.45, 2.75) is 38.1 Å². The van der Waals surface area contributed by atoms with Gasteiger partial charge in [0.25, 0.3) is 0 Å². The summed E-state index contributed by atoms with van der Waals surface area (Å²) in [6.07, 6.45) is 5.84. The fraction of sp³-hybridized carbons (Fsp3) is 0.500. The molecule has 0 aliphatic rings. The molecule has 0 heterocycles. The topological polar surface area (TPSA) is 0 Å². The molecule has 1 aromatic rings. The SMILES string of the molecule is Cl[Si](Cl)(Cl)CCCCCCc1ccccc1. The van der Waals surface area contributed by atoms with E-state index in [-0.39, 0.29) is 0 Å². The summed E-state index contributed by atoms with van der Waals surface area (Å²) in [7, 11) is 0. The molecular weight excluding hydrogens is 279 g/mol. The Bertz CT molecular complexity index is 282. The van der Waals surface area contributed by atoms with Crippen molar-refractivity contribution in [1.29, 1.82) is 0 Å². The van der Waals surface area contributed by atoms with Gasteiger partial charge in [-0.1, -0.05) is 49.6 Å². The monoisotopic (exact) mass is 294 g/mol. The molecular formula is C12H17Cl3Si. The minimum absolute atomic E-state index is 0.795. The molecule has 0 amide bonds. The molecule has 16 heavy (non-hydrogen) atoms. The van der Waals surface area contributed by atoms with E-state index >= 15 is 0 Å². The average molecular weight is 296 g/mol. The fourth-order valence-corrected chi connectivity index (χ4v) is 3.51. The number of benzene rings is 1. The van der Waals surface area contributed by atoms with Crippen LogP contribution in [0.15, 0.2) is 30.3 Å². The van der Waals surface area contributed by atoms with E-state index in [1.165, 1.54) is 24.8 Å². The molecule has 0 nitrogen and oxygen atoms in total.